The van der Waals surface area contributed by atoms with Gasteiger partial charge in [-0.05, 0) is 25.7 Å². The van der Waals surface area contributed by atoms with Crippen LogP contribution in [0.25, 0.3) is 0 Å². The molecule has 0 saturated carbocycles. The van der Waals surface area contributed by atoms with E-state index < -0.39 is 0 Å². The van der Waals surface area contributed by atoms with Gasteiger partial charge in [-0.1, -0.05) is 142 Å². The van der Waals surface area contributed by atoms with Gasteiger partial charge >= 0.3 is 0 Å². The van der Waals surface area contributed by atoms with Gasteiger partial charge in [-0.3, -0.25) is 0 Å². The van der Waals surface area contributed by atoms with Gasteiger partial charge in [0.1, 0.15) is 0 Å². The topological polar surface area (TPSA) is 0 Å². The van der Waals surface area contributed by atoms with Gasteiger partial charge in [0.15, 0.2) is 0 Å². The SMILES string of the molecule is CCCCCCCCCCCCCC[N+](C)(C)CCCCCCCCCCCCCC. The molecule has 0 heterocycles. The maximum Gasteiger partial charge on any atom is 0.0782 e. The van der Waals surface area contributed by atoms with Crippen molar-refractivity contribution in [1.29, 1.82) is 0 Å². The standard InChI is InChI=1S/C30H64N/c1-5-7-9-11-13-15-17-19-21-23-25-27-29-31(3,4)30-28-26-24-22-20-18-16-14-12-10-8-6-2/h5-30H2,1-4H3/q+1. The summed E-state index contributed by atoms with van der Waals surface area (Å²) in [4.78, 5) is 0. The molecule has 0 aliphatic heterocycles. The second kappa shape index (κ2) is 24.6. The number of quaternary nitrogens is 1. The van der Waals surface area contributed by atoms with Crippen LogP contribution in [-0.2, 0) is 0 Å². The Morgan fingerprint density at radius 2 is 0.484 bits per heavy atom. The normalized spacial score (nSPS) is 12.0. The highest BCUT2D eigenvalue weighted by Gasteiger charge is 2.13. The van der Waals surface area contributed by atoms with Crippen molar-refractivity contribution in [2.24, 2.45) is 0 Å². The summed E-state index contributed by atoms with van der Waals surface area (Å²) in [6.07, 6.45) is 35.0. The summed E-state index contributed by atoms with van der Waals surface area (Å²) in [7, 11) is 4.91. The molecule has 0 bridgehead atoms. The molecule has 1 nitrogen and oxygen atoms in total. The van der Waals surface area contributed by atoms with Crippen molar-refractivity contribution in [1.82, 2.24) is 0 Å². The number of unbranched alkanes of at least 4 members (excludes halogenated alkanes) is 22. The molecule has 188 valence electrons. The quantitative estimate of drug-likeness (QED) is 0.0930. The van der Waals surface area contributed by atoms with Crippen LogP contribution in [0.2, 0.25) is 0 Å². The molecule has 0 amide bonds. The summed E-state index contributed by atoms with van der Waals surface area (Å²) < 4.78 is 1.25. The first-order valence-electron chi connectivity index (χ1n) is 14.9. The molecule has 0 aliphatic rings. The molecule has 0 spiro atoms. The summed E-state index contributed by atoms with van der Waals surface area (Å²) in [5, 5.41) is 0. The van der Waals surface area contributed by atoms with Crippen molar-refractivity contribution in [3.05, 3.63) is 0 Å². The van der Waals surface area contributed by atoms with E-state index in [0.717, 1.165) is 0 Å². The third kappa shape index (κ3) is 26.1. The van der Waals surface area contributed by atoms with Crippen LogP contribution in [-0.4, -0.2) is 31.7 Å². The molecular weight excluding hydrogens is 374 g/mol. The monoisotopic (exact) mass is 439 g/mol. The minimum atomic E-state index is 1.25. The molecule has 0 N–H and O–H groups in total. The van der Waals surface area contributed by atoms with Crippen LogP contribution in [0.15, 0.2) is 0 Å². The summed E-state index contributed by atoms with van der Waals surface area (Å²) in [6, 6.07) is 0. The first-order chi connectivity index (χ1) is 15.1. The fraction of sp³-hybridized carbons (Fsp3) is 1.00. The third-order valence-corrected chi connectivity index (χ3v) is 7.23. The number of rotatable bonds is 26. The Morgan fingerprint density at radius 3 is 0.710 bits per heavy atom. The van der Waals surface area contributed by atoms with Crippen LogP contribution in [0.4, 0.5) is 0 Å². The average Bonchev–Trinajstić information content (AvgIpc) is 2.75. The van der Waals surface area contributed by atoms with E-state index in [9.17, 15) is 0 Å². The zero-order valence-electron chi connectivity index (χ0n) is 22.8. The molecule has 0 aliphatic carbocycles. The second-order valence-corrected chi connectivity index (χ2v) is 11.2. The smallest absolute Gasteiger partial charge is 0.0782 e. The lowest BCUT2D eigenvalue weighted by atomic mass is 10.0. The fourth-order valence-electron chi connectivity index (χ4n) is 4.87. The van der Waals surface area contributed by atoms with Crippen LogP contribution >= 0.6 is 0 Å². The van der Waals surface area contributed by atoms with E-state index in [2.05, 4.69) is 27.9 Å². The maximum absolute atomic E-state index is 2.46. The highest BCUT2D eigenvalue weighted by Crippen LogP contribution is 2.15. The molecule has 0 aromatic rings. The van der Waals surface area contributed by atoms with E-state index in [1.54, 1.807) is 0 Å². The van der Waals surface area contributed by atoms with Crippen LogP contribution in [0, 0.1) is 0 Å². The van der Waals surface area contributed by atoms with Crippen LogP contribution < -0.4 is 0 Å². The van der Waals surface area contributed by atoms with Gasteiger partial charge < -0.3 is 4.48 Å². The van der Waals surface area contributed by atoms with Gasteiger partial charge in [-0.2, -0.15) is 0 Å². The van der Waals surface area contributed by atoms with Crippen LogP contribution in [0.1, 0.15) is 168 Å². The molecule has 0 saturated heterocycles. The van der Waals surface area contributed by atoms with E-state index in [4.69, 9.17) is 0 Å². The summed E-state index contributed by atoms with van der Waals surface area (Å²) in [5.41, 5.74) is 0. The molecule has 0 atom stereocenters. The van der Waals surface area contributed by atoms with Crippen molar-refractivity contribution >= 4 is 0 Å². The second-order valence-electron chi connectivity index (χ2n) is 11.2. The highest BCUT2D eigenvalue weighted by molar-refractivity contribution is 4.50. The molecule has 0 fully saturated rings. The Kier molecular flexibility index (Phi) is 24.6. The number of hydrogen-bond donors (Lipinski definition) is 0. The summed E-state index contributed by atoms with van der Waals surface area (Å²) in [5.74, 6) is 0. The van der Waals surface area contributed by atoms with E-state index >= 15 is 0 Å². The molecule has 0 rings (SSSR count). The maximum atomic E-state index is 2.46. The number of hydrogen-bond acceptors (Lipinski definition) is 0. The van der Waals surface area contributed by atoms with Crippen molar-refractivity contribution < 1.29 is 4.48 Å². The van der Waals surface area contributed by atoms with Gasteiger partial charge in [-0.25, -0.2) is 0 Å². The minimum Gasteiger partial charge on any atom is -0.328 e. The molecule has 31 heavy (non-hydrogen) atoms. The summed E-state index contributed by atoms with van der Waals surface area (Å²) >= 11 is 0. The molecule has 0 aromatic heterocycles. The highest BCUT2D eigenvalue weighted by atomic mass is 15.3. The van der Waals surface area contributed by atoms with Gasteiger partial charge in [0.25, 0.3) is 0 Å². The Balaban J connectivity index is 3.29. The number of nitrogens with zero attached hydrogens (tertiary/aromatic N) is 1. The van der Waals surface area contributed by atoms with Crippen LogP contribution in [0.3, 0.4) is 0 Å². The molecule has 0 unspecified atom stereocenters. The average molecular weight is 439 g/mol. The lowest BCUT2D eigenvalue weighted by Crippen LogP contribution is -2.41. The molecular formula is C30H64N+. The van der Waals surface area contributed by atoms with E-state index in [1.807, 2.05) is 0 Å². The van der Waals surface area contributed by atoms with Gasteiger partial charge in [0.2, 0.25) is 0 Å². The Bertz CT molecular complexity index is 292. The van der Waals surface area contributed by atoms with Crippen molar-refractivity contribution in [3.8, 4) is 0 Å². The zero-order valence-corrected chi connectivity index (χ0v) is 22.8. The fourth-order valence-corrected chi connectivity index (χ4v) is 4.87. The van der Waals surface area contributed by atoms with E-state index in [1.165, 1.54) is 172 Å². The predicted molar refractivity (Wildman–Crippen MR) is 144 cm³/mol. The van der Waals surface area contributed by atoms with Crippen molar-refractivity contribution in [2.45, 2.75) is 168 Å². The molecule has 0 aromatic carbocycles. The van der Waals surface area contributed by atoms with Crippen molar-refractivity contribution in [2.75, 3.05) is 27.2 Å². The van der Waals surface area contributed by atoms with E-state index in [-0.39, 0.29) is 0 Å². The Labute approximate surface area is 199 Å². The van der Waals surface area contributed by atoms with Crippen LogP contribution in [0.5, 0.6) is 0 Å². The lowest BCUT2D eigenvalue weighted by Gasteiger charge is -2.30. The van der Waals surface area contributed by atoms with E-state index in [0.29, 0.717) is 0 Å². The van der Waals surface area contributed by atoms with Gasteiger partial charge in [0.05, 0.1) is 27.2 Å². The first kappa shape index (κ1) is 31.0. The first-order valence-corrected chi connectivity index (χ1v) is 14.9. The Hall–Kier alpha value is -0.0400. The lowest BCUT2D eigenvalue weighted by molar-refractivity contribution is -0.890. The summed E-state index contributed by atoms with van der Waals surface area (Å²) in [6.45, 7) is 7.38. The largest absolute Gasteiger partial charge is 0.328 e. The minimum absolute atomic E-state index is 1.25. The van der Waals surface area contributed by atoms with Gasteiger partial charge in [-0.15, -0.1) is 0 Å². The zero-order chi connectivity index (χ0) is 22.9. The molecule has 0 radical (unpaired) electrons. The molecule has 1 heteroatoms. The predicted octanol–water partition coefficient (Wildman–Crippen LogP) is 10.5. The third-order valence-electron chi connectivity index (χ3n) is 7.23. The van der Waals surface area contributed by atoms with Gasteiger partial charge in [0, 0.05) is 0 Å². The Morgan fingerprint density at radius 1 is 0.290 bits per heavy atom. The van der Waals surface area contributed by atoms with Crippen molar-refractivity contribution in [3.63, 3.8) is 0 Å².